The average Bonchev–Trinajstić information content (AvgIpc) is 2.62. The summed E-state index contributed by atoms with van der Waals surface area (Å²) in [6, 6.07) is 6.86. The van der Waals surface area contributed by atoms with Crippen molar-refractivity contribution in [1.29, 1.82) is 0 Å². The normalized spacial score (nSPS) is 25.7. The summed E-state index contributed by atoms with van der Waals surface area (Å²) in [4.78, 5) is 17.0. The molecule has 0 aromatic heterocycles. The molecule has 2 saturated heterocycles. The summed E-state index contributed by atoms with van der Waals surface area (Å²) in [6.45, 7) is 5.57. The Morgan fingerprint density at radius 3 is 2.79 bits per heavy atom. The van der Waals surface area contributed by atoms with Crippen LogP contribution in [0.4, 0.5) is 4.39 Å². The highest BCUT2D eigenvalue weighted by atomic mass is 19.1. The standard InChI is InChI=1S/C19H27FN2O2/c1-2-17-5-3-4-10-22(17)19(23)14-21-11-12-24-18(13-21)15-6-8-16(20)9-7-15/h6-9,17-18H,2-5,10-14H2,1H3/t17-,18+/m1/s1. The number of morpholine rings is 1. The lowest BCUT2D eigenvalue weighted by Gasteiger charge is -2.38. The quantitative estimate of drug-likeness (QED) is 0.849. The molecule has 0 aliphatic carbocycles. The number of carbonyl (C=O) groups excluding carboxylic acids is 1. The predicted molar refractivity (Wildman–Crippen MR) is 91.2 cm³/mol. The number of piperidine rings is 1. The molecule has 5 heteroatoms. The van der Waals surface area contributed by atoms with Crippen LogP contribution < -0.4 is 0 Å². The van der Waals surface area contributed by atoms with Gasteiger partial charge >= 0.3 is 0 Å². The largest absolute Gasteiger partial charge is 0.371 e. The van der Waals surface area contributed by atoms with Gasteiger partial charge in [0.05, 0.1) is 19.3 Å². The van der Waals surface area contributed by atoms with Gasteiger partial charge in [-0.3, -0.25) is 9.69 Å². The molecule has 0 saturated carbocycles. The molecule has 0 bridgehead atoms. The van der Waals surface area contributed by atoms with Crippen molar-refractivity contribution in [2.24, 2.45) is 0 Å². The molecule has 0 N–H and O–H groups in total. The number of carbonyl (C=O) groups is 1. The lowest BCUT2D eigenvalue weighted by atomic mass is 10.00. The van der Waals surface area contributed by atoms with E-state index >= 15 is 0 Å². The number of benzene rings is 1. The number of ether oxygens (including phenoxy) is 1. The van der Waals surface area contributed by atoms with Crippen LogP contribution in [0.2, 0.25) is 0 Å². The number of rotatable bonds is 4. The van der Waals surface area contributed by atoms with Gasteiger partial charge < -0.3 is 9.64 Å². The van der Waals surface area contributed by atoms with Crippen LogP contribution in [0.3, 0.4) is 0 Å². The van der Waals surface area contributed by atoms with Gasteiger partial charge in [-0.2, -0.15) is 0 Å². The second kappa shape index (κ2) is 8.08. The number of hydrogen-bond donors (Lipinski definition) is 0. The van der Waals surface area contributed by atoms with E-state index in [1.807, 2.05) is 0 Å². The van der Waals surface area contributed by atoms with Crippen LogP contribution in [0.1, 0.15) is 44.3 Å². The van der Waals surface area contributed by atoms with Crippen molar-refractivity contribution in [3.05, 3.63) is 35.6 Å². The Hall–Kier alpha value is -1.46. The summed E-state index contributed by atoms with van der Waals surface area (Å²) in [5.74, 6) is -0.00129. The fourth-order valence-corrected chi connectivity index (χ4v) is 3.76. The van der Waals surface area contributed by atoms with Crippen molar-refractivity contribution >= 4 is 5.91 Å². The van der Waals surface area contributed by atoms with Gasteiger partial charge in [0.2, 0.25) is 5.91 Å². The third-order valence-corrected chi connectivity index (χ3v) is 5.17. The number of likely N-dealkylation sites (tertiary alicyclic amines) is 1. The molecule has 24 heavy (non-hydrogen) atoms. The first-order valence-electron chi connectivity index (χ1n) is 9.06. The molecule has 0 unspecified atom stereocenters. The fraction of sp³-hybridized carbons (Fsp3) is 0.632. The minimum absolute atomic E-state index is 0.0875. The van der Waals surface area contributed by atoms with E-state index in [1.54, 1.807) is 12.1 Å². The summed E-state index contributed by atoms with van der Waals surface area (Å²) in [7, 11) is 0. The van der Waals surface area contributed by atoms with Crippen molar-refractivity contribution in [2.45, 2.75) is 44.8 Å². The molecular formula is C19H27FN2O2. The molecule has 2 aliphatic rings. The van der Waals surface area contributed by atoms with Crippen LogP contribution >= 0.6 is 0 Å². The van der Waals surface area contributed by atoms with Crippen molar-refractivity contribution in [3.8, 4) is 0 Å². The van der Waals surface area contributed by atoms with Gasteiger partial charge in [0, 0.05) is 25.7 Å². The van der Waals surface area contributed by atoms with Crippen molar-refractivity contribution in [1.82, 2.24) is 9.80 Å². The molecule has 2 heterocycles. The topological polar surface area (TPSA) is 32.8 Å². The first-order chi connectivity index (χ1) is 11.7. The molecule has 0 radical (unpaired) electrons. The third kappa shape index (κ3) is 4.14. The Kier molecular flexibility index (Phi) is 5.85. The van der Waals surface area contributed by atoms with E-state index in [1.165, 1.54) is 18.6 Å². The van der Waals surface area contributed by atoms with E-state index in [0.717, 1.165) is 37.9 Å². The highest BCUT2D eigenvalue weighted by Gasteiger charge is 2.29. The molecule has 3 rings (SSSR count). The van der Waals surface area contributed by atoms with Crippen molar-refractivity contribution in [3.63, 3.8) is 0 Å². The van der Waals surface area contributed by atoms with E-state index in [0.29, 0.717) is 25.7 Å². The fourth-order valence-electron chi connectivity index (χ4n) is 3.76. The first kappa shape index (κ1) is 17.4. The second-order valence-electron chi connectivity index (χ2n) is 6.79. The van der Waals surface area contributed by atoms with Gasteiger partial charge in [-0.05, 0) is 43.4 Å². The smallest absolute Gasteiger partial charge is 0.236 e. The molecule has 2 atom stereocenters. The summed E-state index contributed by atoms with van der Waals surface area (Å²) in [6.07, 6.45) is 4.42. The Bertz CT molecular complexity index is 549. The van der Waals surface area contributed by atoms with E-state index in [9.17, 15) is 9.18 Å². The molecule has 1 aromatic rings. The monoisotopic (exact) mass is 334 g/mol. The van der Waals surface area contributed by atoms with Crippen LogP contribution in [-0.4, -0.2) is 54.5 Å². The lowest BCUT2D eigenvalue weighted by Crippen LogP contribution is -2.50. The zero-order valence-electron chi connectivity index (χ0n) is 14.4. The van der Waals surface area contributed by atoms with Gasteiger partial charge in [0.25, 0.3) is 0 Å². The highest BCUT2D eigenvalue weighted by molar-refractivity contribution is 5.78. The van der Waals surface area contributed by atoms with Gasteiger partial charge in [-0.1, -0.05) is 19.1 Å². The molecule has 4 nitrogen and oxygen atoms in total. The summed E-state index contributed by atoms with van der Waals surface area (Å²) in [5, 5.41) is 0. The zero-order chi connectivity index (χ0) is 16.9. The van der Waals surface area contributed by atoms with E-state index < -0.39 is 0 Å². The van der Waals surface area contributed by atoms with Gasteiger partial charge in [-0.15, -0.1) is 0 Å². The molecule has 1 aromatic carbocycles. The molecule has 2 aliphatic heterocycles. The average molecular weight is 334 g/mol. The predicted octanol–water partition coefficient (Wildman–Crippen LogP) is 2.99. The van der Waals surface area contributed by atoms with Crippen LogP contribution in [0.25, 0.3) is 0 Å². The molecule has 0 spiro atoms. The molecule has 1 amide bonds. The van der Waals surface area contributed by atoms with Crippen LogP contribution in [-0.2, 0) is 9.53 Å². The zero-order valence-corrected chi connectivity index (χ0v) is 14.4. The number of nitrogens with zero attached hydrogens (tertiary/aromatic N) is 2. The number of hydrogen-bond acceptors (Lipinski definition) is 3. The Balaban J connectivity index is 1.58. The Morgan fingerprint density at radius 1 is 1.25 bits per heavy atom. The third-order valence-electron chi connectivity index (χ3n) is 5.17. The maximum Gasteiger partial charge on any atom is 0.236 e. The highest BCUT2D eigenvalue weighted by Crippen LogP contribution is 2.24. The molecular weight excluding hydrogens is 307 g/mol. The summed E-state index contributed by atoms with van der Waals surface area (Å²) < 4.78 is 18.9. The lowest BCUT2D eigenvalue weighted by molar-refractivity contribution is -0.138. The van der Waals surface area contributed by atoms with Crippen LogP contribution in [0.5, 0.6) is 0 Å². The maximum atomic E-state index is 13.1. The van der Waals surface area contributed by atoms with Crippen molar-refractivity contribution < 1.29 is 13.9 Å². The van der Waals surface area contributed by atoms with Gasteiger partial charge in [0.1, 0.15) is 5.82 Å². The van der Waals surface area contributed by atoms with E-state index in [-0.39, 0.29) is 17.8 Å². The first-order valence-corrected chi connectivity index (χ1v) is 9.06. The summed E-state index contributed by atoms with van der Waals surface area (Å²) >= 11 is 0. The van der Waals surface area contributed by atoms with Gasteiger partial charge in [-0.25, -0.2) is 4.39 Å². The van der Waals surface area contributed by atoms with E-state index in [4.69, 9.17) is 4.74 Å². The maximum absolute atomic E-state index is 13.1. The van der Waals surface area contributed by atoms with Crippen LogP contribution in [0, 0.1) is 5.82 Å². The minimum atomic E-state index is -0.239. The number of amides is 1. The van der Waals surface area contributed by atoms with Gasteiger partial charge in [0.15, 0.2) is 0 Å². The minimum Gasteiger partial charge on any atom is -0.371 e. The molecule has 2 fully saturated rings. The SMILES string of the molecule is CC[C@@H]1CCCCN1C(=O)CN1CCO[C@H](c2ccc(F)cc2)C1. The van der Waals surface area contributed by atoms with Crippen LogP contribution in [0.15, 0.2) is 24.3 Å². The summed E-state index contributed by atoms with van der Waals surface area (Å²) in [5.41, 5.74) is 0.970. The number of halogens is 1. The Morgan fingerprint density at radius 2 is 2.04 bits per heavy atom. The van der Waals surface area contributed by atoms with Crippen molar-refractivity contribution in [2.75, 3.05) is 32.8 Å². The second-order valence-corrected chi connectivity index (χ2v) is 6.79. The molecule has 132 valence electrons. The van der Waals surface area contributed by atoms with E-state index in [2.05, 4.69) is 16.7 Å². The Labute approximate surface area is 143 Å².